The SMILES string of the molecule is CC1(C)CCc2oc(SNC(=O)Nc3c4c(cc5c3CCC5)CCC4)cc2C1=O. The van der Waals surface area contributed by atoms with Crippen molar-refractivity contribution in [1.82, 2.24) is 4.72 Å². The summed E-state index contributed by atoms with van der Waals surface area (Å²) in [5.74, 6) is 0.854. The molecule has 1 heterocycles. The van der Waals surface area contributed by atoms with Crippen LogP contribution >= 0.6 is 11.9 Å². The van der Waals surface area contributed by atoms with Crippen LogP contribution in [0.25, 0.3) is 0 Å². The molecule has 0 saturated carbocycles. The van der Waals surface area contributed by atoms with E-state index < -0.39 is 0 Å². The maximum absolute atomic E-state index is 12.6. The molecular weight excluding hydrogens is 384 g/mol. The Kier molecular flexibility index (Phi) is 4.50. The molecule has 1 aromatic heterocycles. The fourth-order valence-electron chi connectivity index (χ4n) is 4.94. The number of fused-ring (bicyclic) bond motifs is 3. The van der Waals surface area contributed by atoms with Gasteiger partial charge in [-0.15, -0.1) is 0 Å². The van der Waals surface area contributed by atoms with E-state index in [0.717, 1.165) is 74.8 Å². The van der Waals surface area contributed by atoms with E-state index in [4.69, 9.17) is 4.42 Å². The van der Waals surface area contributed by atoms with E-state index in [1.54, 1.807) is 6.07 Å². The van der Waals surface area contributed by atoms with Gasteiger partial charge in [-0.1, -0.05) is 19.9 Å². The number of benzene rings is 1. The largest absolute Gasteiger partial charge is 0.452 e. The number of carbonyl (C=O) groups excluding carboxylic acids is 2. The van der Waals surface area contributed by atoms with Gasteiger partial charge in [-0.05, 0) is 67.2 Å². The Morgan fingerprint density at radius 3 is 2.41 bits per heavy atom. The van der Waals surface area contributed by atoms with Crippen LogP contribution in [-0.2, 0) is 32.1 Å². The summed E-state index contributed by atoms with van der Waals surface area (Å²) in [7, 11) is 0. The molecule has 29 heavy (non-hydrogen) atoms. The van der Waals surface area contributed by atoms with Gasteiger partial charge in [0.15, 0.2) is 10.9 Å². The van der Waals surface area contributed by atoms with Crippen molar-refractivity contribution in [1.29, 1.82) is 0 Å². The van der Waals surface area contributed by atoms with Gasteiger partial charge in [0.1, 0.15) is 5.76 Å². The summed E-state index contributed by atoms with van der Waals surface area (Å²) in [6.45, 7) is 3.95. The smallest absolute Gasteiger partial charge is 0.329 e. The second-order valence-corrected chi connectivity index (χ2v) is 9.82. The Balaban J connectivity index is 1.30. The van der Waals surface area contributed by atoms with Gasteiger partial charge >= 0.3 is 6.03 Å². The first-order valence-corrected chi connectivity index (χ1v) is 11.3. The molecule has 1 aromatic carbocycles. The number of carbonyl (C=O) groups is 2. The summed E-state index contributed by atoms with van der Waals surface area (Å²) in [5.41, 5.74) is 6.75. The van der Waals surface area contributed by atoms with Crippen molar-refractivity contribution in [3.05, 3.63) is 45.7 Å². The van der Waals surface area contributed by atoms with Crippen molar-refractivity contribution >= 4 is 29.4 Å². The molecule has 3 aliphatic rings. The molecule has 152 valence electrons. The molecule has 0 radical (unpaired) electrons. The Hall–Kier alpha value is -2.21. The van der Waals surface area contributed by atoms with Crippen LogP contribution < -0.4 is 10.0 Å². The van der Waals surface area contributed by atoms with Gasteiger partial charge in [-0.3, -0.25) is 9.52 Å². The van der Waals surface area contributed by atoms with E-state index in [9.17, 15) is 9.59 Å². The van der Waals surface area contributed by atoms with Crippen molar-refractivity contribution < 1.29 is 14.0 Å². The molecule has 2 amide bonds. The monoisotopic (exact) mass is 410 g/mol. The molecule has 0 saturated heterocycles. The van der Waals surface area contributed by atoms with E-state index in [2.05, 4.69) is 16.1 Å². The average Bonchev–Trinajstić information content (AvgIpc) is 3.42. The minimum absolute atomic E-state index is 0.120. The van der Waals surface area contributed by atoms with Gasteiger partial charge in [-0.2, -0.15) is 0 Å². The van der Waals surface area contributed by atoms with E-state index in [1.807, 2.05) is 13.8 Å². The summed E-state index contributed by atoms with van der Waals surface area (Å²) >= 11 is 1.13. The normalized spacial score (nSPS) is 18.9. The summed E-state index contributed by atoms with van der Waals surface area (Å²) in [5, 5.41) is 3.67. The van der Waals surface area contributed by atoms with E-state index in [0.29, 0.717) is 10.7 Å². The van der Waals surface area contributed by atoms with Crippen LogP contribution in [0.5, 0.6) is 0 Å². The third-order valence-electron chi connectivity index (χ3n) is 6.58. The minimum atomic E-state index is -0.350. The van der Waals surface area contributed by atoms with Crippen molar-refractivity contribution in [3.63, 3.8) is 0 Å². The van der Waals surface area contributed by atoms with Crippen LogP contribution in [0.2, 0.25) is 0 Å². The minimum Gasteiger partial charge on any atom is -0.452 e. The number of rotatable bonds is 3. The molecule has 0 atom stereocenters. The second-order valence-electron chi connectivity index (χ2n) is 9.01. The van der Waals surface area contributed by atoms with E-state index in [-0.39, 0.29) is 17.2 Å². The predicted molar refractivity (Wildman–Crippen MR) is 114 cm³/mol. The van der Waals surface area contributed by atoms with Crippen molar-refractivity contribution in [3.8, 4) is 0 Å². The number of ketones is 1. The molecule has 3 aliphatic carbocycles. The zero-order chi connectivity index (χ0) is 20.2. The molecule has 5 rings (SSSR count). The number of hydrogen-bond donors (Lipinski definition) is 2. The number of hydrogen-bond acceptors (Lipinski definition) is 4. The van der Waals surface area contributed by atoms with E-state index >= 15 is 0 Å². The lowest BCUT2D eigenvalue weighted by Crippen LogP contribution is -2.29. The molecule has 0 spiro atoms. The predicted octanol–water partition coefficient (Wildman–Crippen LogP) is 5.24. The Bertz CT molecular complexity index is 989. The zero-order valence-electron chi connectivity index (χ0n) is 16.9. The second kappa shape index (κ2) is 6.94. The lowest BCUT2D eigenvalue weighted by atomic mass is 9.76. The molecule has 0 bridgehead atoms. The number of urea groups is 1. The van der Waals surface area contributed by atoms with Gasteiger partial charge in [0, 0.05) is 35.5 Å². The molecule has 0 fully saturated rings. The quantitative estimate of drug-likeness (QED) is 0.679. The highest BCUT2D eigenvalue weighted by molar-refractivity contribution is 7.97. The standard InChI is InChI=1S/C23H26N2O3S/c1-23(2)10-9-18-17(21(23)26)12-19(28-18)29-25-22(27)24-20-15-7-3-5-13(15)11-14-6-4-8-16(14)20/h11-12H,3-10H2,1-2H3,(H2,24,25,27). The van der Waals surface area contributed by atoms with Crippen molar-refractivity contribution in [2.24, 2.45) is 5.41 Å². The first-order chi connectivity index (χ1) is 13.9. The first-order valence-electron chi connectivity index (χ1n) is 10.5. The Morgan fingerprint density at radius 1 is 1.03 bits per heavy atom. The highest BCUT2D eigenvalue weighted by Crippen LogP contribution is 2.39. The number of furan rings is 1. The Labute approximate surface area is 175 Å². The third kappa shape index (κ3) is 3.27. The number of anilines is 1. The summed E-state index contributed by atoms with van der Waals surface area (Å²) in [4.78, 5) is 25.2. The average molecular weight is 411 g/mol. The fourth-order valence-corrected chi connectivity index (χ4v) is 5.50. The lowest BCUT2D eigenvalue weighted by molar-refractivity contribution is 0.0804. The van der Waals surface area contributed by atoms with E-state index in [1.165, 1.54) is 22.3 Å². The number of amides is 2. The molecule has 6 heteroatoms. The van der Waals surface area contributed by atoms with Crippen LogP contribution in [0.1, 0.15) is 71.5 Å². The van der Waals surface area contributed by atoms with Crippen LogP contribution in [0.3, 0.4) is 0 Å². The number of aryl methyl sites for hydroxylation is 3. The molecule has 0 aliphatic heterocycles. The van der Waals surface area contributed by atoms with Crippen LogP contribution in [0, 0.1) is 5.41 Å². The summed E-state index contributed by atoms with van der Waals surface area (Å²) in [6.07, 6.45) is 8.14. The molecular formula is C23H26N2O3S. The summed E-state index contributed by atoms with van der Waals surface area (Å²) in [6, 6.07) is 3.88. The highest BCUT2D eigenvalue weighted by Gasteiger charge is 2.36. The number of Topliss-reactive ketones (excluding diaryl/α,β-unsaturated/α-hetero) is 1. The fraction of sp³-hybridized carbons (Fsp3) is 0.478. The van der Waals surface area contributed by atoms with Crippen LogP contribution in [0.15, 0.2) is 21.6 Å². The molecule has 0 unspecified atom stereocenters. The van der Waals surface area contributed by atoms with Crippen LogP contribution in [0.4, 0.5) is 10.5 Å². The number of nitrogens with one attached hydrogen (secondary N) is 2. The van der Waals surface area contributed by atoms with Crippen molar-refractivity contribution in [2.75, 3.05) is 5.32 Å². The topological polar surface area (TPSA) is 71.3 Å². The van der Waals surface area contributed by atoms with Gasteiger partial charge in [0.05, 0.1) is 5.56 Å². The lowest BCUT2D eigenvalue weighted by Gasteiger charge is -2.26. The van der Waals surface area contributed by atoms with Gasteiger partial charge in [0.25, 0.3) is 0 Å². The van der Waals surface area contributed by atoms with Crippen LogP contribution in [-0.4, -0.2) is 11.8 Å². The Morgan fingerprint density at radius 2 is 1.72 bits per heavy atom. The molecule has 2 aromatic rings. The van der Waals surface area contributed by atoms with Gasteiger partial charge in [-0.25, -0.2) is 4.79 Å². The highest BCUT2D eigenvalue weighted by atomic mass is 32.2. The molecule has 5 nitrogen and oxygen atoms in total. The van der Waals surface area contributed by atoms with Gasteiger partial charge < -0.3 is 9.73 Å². The maximum Gasteiger partial charge on any atom is 0.329 e. The summed E-state index contributed by atoms with van der Waals surface area (Å²) < 4.78 is 8.65. The first kappa shape index (κ1) is 18.8. The van der Waals surface area contributed by atoms with Crippen molar-refractivity contribution in [2.45, 2.75) is 70.3 Å². The zero-order valence-corrected chi connectivity index (χ0v) is 17.8. The maximum atomic E-state index is 12.6. The third-order valence-corrected chi connectivity index (χ3v) is 7.27. The van der Waals surface area contributed by atoms with Gasteiger partial charge in [0.2, 0.25) is 0 Å². The molecule has 2 N–H and O–H groups in total.